The molecule has 3 aromatic rings. The molecule has 33 heavy (non-hydrogen) atoms. The van der Waals surface area contributed by atoms with Crippen LogP contribution in [0.15, 0.2) is 35.8 Å². The van der Waals surface area contributed by atoms with Crippen LogP contribution < -0.4 is 24.8 Å². The summed E-state index contributed by atoms with van der Waals surface area (Å²) in [6.45, 7) is 1.63. The predicted molar refractivity (Wildman–Crippen MR) is 131 cm³/mol. The van der Waals surface area contributed by atoms with E-state index in [0.29, 0.717) is 28.1 Å². The third-order valence-corrected chi connectivity index (χ3v) is 7.09. The summed E-state index contributed by atoms with van der Waals surface area (Å²) in [4.78, 5) is 28.5. The highest BCUT2D eigenvalue weighted by Gasteiger charge is 2.30. The van der Waals surface area contributed by atoms with Crippen molar-refractivity contribution in [2.75, 3.05) is 54.3 Å². The van der Waals surface area contributed by atoms with Crippen molar-refractivity contribution in [3.05, 3.63) is 40.7 Å². The van der Waals surface area contributed by atoms with Crippen LogP contribution in [0.25, 0.3) is 0 Å². The second-order valence-corrected chi connectivity index (χ2v) is 9.10. The summed E-state index contributed by atoms with van der Waals surface area (Å²) in [6.07, 6.45) is 2.98. The maximum Gasteiger partial charge on any atom is 0.270 e. The first-order chi connectivity index (χ1) is 16.0. The normalized spacial score (nSPS) is 16.4. The van der Waals surface area contributed by atoms with Gasteiger partial charge in [0.15, 0.2) is 5.82 Å². The van der Waals surface area contributed by atoms with Crippen LogP contribution in [0.5, 0.6) is 5.75 Å². The maximum absolute atomic E-state index is 12.8. The minimum Gasteiger partial charge on any atom is -0.494 e. The van der Waals surface area contributed by atoms with Crippen LogP contribution in [-0.2, 0) is 0 Å². The van der Waals surface area contributed by atoms with Gasteiger partial charge in [0.1, 0.15) is 16.3 Å². The lowest BCUT2D eigenvalue weighted by Gasteiger charge is -2.31. The van der Waals surface area contributed by atoms with Crippen molar-refractivity contribution < 1.29 is 14.6 Å². The molecular weight excluding hydrogens is 440 g/mol. The summed E-state index contributed by atoms with van der Waals surface area (Å²) < 4.78 is 5.64. The quantitative estimate of drug-likeness (QED) is 0.602. The lowest BCUT2D eigenvalue weighted by atomic mass is 10.1. The summed E-state index contributed by atoms with van der Waals surface area (Å²) in [6, 6.07) is 7.89. The average molecular weight is 467 g/mol. The predicted octanol–water partition coefficient (Wildman–Crippen LogP) is 3.61. The molecule has 5 rings (SSSR count). The van der Waals surface area contributed by atoms with Gasteiger partial charge in [0, 0.05) is 38.9 Å². The number of ether oxygens (including phenoxy) is 1. The molecule has 1 fully saturated rings. The highest BCUT2D eigenvalue weighted by molar-refractivity contribution is 7.12. The first kappa shape index (κ1) is 21.5. The molecule has 0 atom stereocenters. The van der Waals surface area contributed by atoms with Gasteiger partial charge >= 0.3 is 0 Å². The molecule has 2 N–H and O–H groups in total. The summed E-state index contributed by atoms with van der Waals surface area (Å²) in [5.74, 6) is 1.66. The number of anilines is 6. The van der Waals surface area contributed by atoms with E-state index in [4.69, 9.17) is 9.72 Å². The van der Waals surface area contributed by atoms with E-state index in [0.717, 1.165) is 43.0 Å². The van der Waals surface area contributed by atoms with Gasteiger partial charge in [-0.25, -0.2) is 4.98 Å². The van der Waals surface area contributed by atoms with E-state index in [1.165, 1.54) is 11.3 Å². The Bertz CT molecular complexity index is 1190. The molecule has 1 aromatic carbocycles. The molecule has 0 saturated carbocycles. The van der Waals surface area contributed by atoms with Crippen LogP contribution >= 0.6 is 11.3 Å². The number of thiophene rings is 1. The van der Waals surface area contributed by atoms with Gasteiger partial charge in [-0.2, -0.15) is 4.98 Å². The summed E-state index contributed by atoms with van der Waals surface area (Å²) in [5.41, 5.74) is 3.27. The molecule has 2 aromatic heterocycles. The lowest BCUT2D eigenvalue weighted by Crippen LogP contribution is -2.35. The highest BCUT2D eigenvalue weighted by Crippen LogP contribution is 2.40. The van der Waals surface area contributed by atoms with Gasteiger partial charge in [-0.05, 0) is 36.4 Å². The Balaban J connectivity index is 1.44. The number of nitrogens with one attached hydrogen (secondary N) is 1. The Kier molecular flexibility index (Phi) is 5.55. The number of aliphatic hydroxyl groups is 1. The van der Waals surface area contributed by atoms with Crippen molar-refractivity contribution in [3.8, 4) is 5.75 Å². The second-order valence-electron chi connectivity index (χ2n) is 8.19. The number of carbonyl (C=O) groups is 1. The van der Waals surface area contributed by atoms with Crippen molar-refractivity contribution in [1.29, 1.82) is 0 Å². The molecule has 1 saturated heterocycles. The molecule has 172 valence electrons. The molecule has 2 aliphatic rings. The van der Waals surface area contributed by atoms with Gasteiger partial charge in [-0.15, -0.1) is 11.3 Å². The van der Waals surface area contributed by atoms with Gasteiger partial charge in [-0.1, -0.05) is 0 Å². The average Bonchev–Trinajstić information content (AvgIpc) is 3.31. The second kappa shape index (κ2) is 8.53. The largest absolute Gasteiger partial charge is 0.494 e. The fourth-order valence-electron chi connectivity index (χ4n) is 4.24. The summed E-state index contributed by atoms with van der Waals surface area (Å²) in [5, 5.41) is 14.9. The van der Waals surface area contributed by atoms with E-state index in [9.17, 15) is 9.90 Å². The van der Waals surface area contributed by atoms with E-state index in [2.05, 4.69) is 15.2 Å². The number of benzene rings is 1. The molecule has 0 aliphatic carbocycles. The fraction of sp³-hybridized carbons (Fsp3) is 0.348. The fourth-order valence-corrected chi connectivity index (χ4v) is 5.13. The Hall–Kier alpha value is -3.37. The Morgan fingerprint density at radius 2 is 1.94 bits per heavy atom. The van der Waals surface area contributed by atoms with Crippen LogP contribution in [0.2, 0.25) is 0 Å². The van der Waals surface area contributed by atoms with Gasteiger partial charge in [0.25, 0.3) is 5.91 Å². The first-order valence-corrected chi connectivity index (χ1v) is 11.7. The van der Waals surface area contributed by atoms with Crippen molar-refractivity contribution in [1.82, 2.24) is 9.97 Å². The van der Waals surface area contributed by atoms with Crippen LogP contribution in [0.3, 0.4) is 0 Å². The number of hydrogen-bond acceptors (Lipinski definition) is 9. The van der Waals surface area contributed by atoms with E-state index in [-0.39, 0.29) is 12.0 Å². The van der Waals surface area contributed by atoms with Gasteiger partial charge in [0.2, 0.25) is 5.95 Å². The third kappa shape index (κ3) is 3.85. The van der Waals surface area contributed by atoms with E-state index in [1.54, 1.807) is 25.3 Å². The number of piperidine rings is 1. The molecule has 0 unspecified atom stereocenters. The van der Waals surface area contributed by atoms with Crippen molar-refractivity contribution in [3.63, 3.8) is 0 Å². The monoisotopic (exact) mass is 466 g/mol. The number of aliphatic hydroxyl groups excluding tert-OH is 1. The molecule has 10 heteroatoms. The van der Waals surface area contributed by atoms with Crippen LogP contribution in [0.4, 0.5) is 34.5 Å². The Labute approximate surface area is 196 Å². The van der Waals surface area contributed by atoms with Crippen molar-refractivity contribution >= 4 is 51.8 Å². The number of carbonyl (C=O) groups excluding carboxylic acids is 1. The maximum atomic E-state index is 12.8. The zero-order valence-corrected chi connectivity index (χ0v) is 19.6. The van der Waals surface area contributed by atoms with Crippen LogP contribution in [0.1, 0.15) is 22.5 Å². The molecule has 1 amide bonds. The highest BCUT2D eigenvalue weighted by atomic mass is 32.1. The zero-order chi connectivity index (χ0) is 23.1. The van der Waals surface area contributed by atoms with Gasteiger partial charge < -0.3 is 29.9 Å². The van der Waals surface area contributed by atoms with Gasteiger partial charge in [-0.3, -0.25) is 4.79 Å². The lowest BCUT2D eigenvalue weighted by molar-refractivity contribution is 0.0998. The molecule has 0 radical (unpaired) electrons. The molecule has 2 aliphatic heterocycles. The van der Waals surface area contributed by atoms with Crippen LogP contribution in [-0.4, -0.2) is 61.4 Å². The Morgan fingerprint density at radius 3 is 2.70 bits per heavy atom. The number of rotatable bonds is 4. The smallest absolute Gasteiger partial charge is 0.270 e. The number of methoxy groups -OCH3 is 1. The topological polar surface area (TPSA) is 94.1 Å². The minimum atomic E-state index is -0.216. The Morgan fingerprint density at radius 1 is 1.15 bits per heavy atom. The first-order valence-electron chi connectivity index (χ1n) is 10.8. The van der Waals surface area contributed by atoms with E-state index < -0.39 is 0 Å². The molecular formula is C23H26N6O3S. The molecule has 4 heterocycles. The van der Waals surface area contributed by atoms with Crippen molar-refractivity contribution in [2.45, 2.75) is 18.9 Å². The van der Waals surface area contributed by atoms with Crippen LogP contribution in [0, 0.1) is 0 Å². The molecule has 0 spiro atoms. The molecule has 0 bridgehead atoms. The van der Waals surface area contributed by atoms with Crippen molar-refractivity contribution in [2.24, 2.45) is 0 Å². The SMILES string of the molecule is COc1cc(N2CCC(O)CC2)ccc1Nc1ncc2c(n1)N(C)c1ccsc1C(=O)N2C. The number of fused-ring (bicyclic) bond motifs is 2. The zero-order valence-electron chi connectivity index (χ0n) is 18.8. The number of amides is 1. The minimum absolute atomic E-state index is 0.0719. The van der Waals surface area contributed by atoms with E-state index in [1.807, 2.05) is 41.6 Å². The number of hydrogen-bond donors (Lipinski definition) is 2. The summed E-state index contributed by atoms with van der Waals surface area (Å²) in [7, 11) is 5.27. The van der Waals surface area contributed by atoms with E-state index >= 15 is 0 Å². The molecule has 9 nitrogen and oxygen atoms in total. The number of nitrogens with zero attached hydrogens (tertiary/aromatic N) is 5. The third-order valence-electron chi connectivity index (χ3n) is 6.19. The standard InChI is InChI=1S/C23H26N6O3S/c1-27-17-8-11-33-20(17)22(31)28(2)18-13-24-23(26-21(18)27)25-16-5-4-14(12-19(16)32-3)29-9-6-15(30)7-10-29/h4-5,8,11-13,15,30H,6-7,9-10H2,1-3H3,(H,24,25,26). The number of aromatic nitrogens is 2. The van der Waals surface area contributed by atoms with Gasteiger partial charge in [0.05, 0.1) is 30.8 Å². The summed E-state index contributed by atoms with van der Waals surface area (Å²) >= 11 is 1.42.